The number of nitrogens with one attached hydrogen (secondary N) is 2. The first-order chi connectivity index (χ1) is 15.1. The maximum Gasteiger partial charge on any atom is 0.219 e. The highest BCUT2D eigenvalue weighted by Crippen LogP contribution is 2.37. The molecule has 0 aromatic carbocycles. The Kier molecular flexibility index (Phi) is 5.67. The maximum atomic E-state index is 11.7. The Morgan fingerprint density at radius 3 is 2.84 bits per heavy atom. The van der Waals surface area contributed by atoms with Gasteiger partial charge in [-0.2, -0.15) is 0 Å². The van der Waals surface area contributed by atoms with Crippen molar-refractivity contribution in [2.75, 3.05) is 23.7 Å². The lowest BCUT2D eigenvalue weighted by molar-refractivity contribution is -0.129. The number of piperidine rings is 1. The van der Waals surface area contributed by atoms with Crippen LogP contribution in [0.3, 0.4) is 0 Å². The number of carbonyl (C=O) groups is 1. The minimum atomic E-state index is 0.133. The molecule has 162 valence electrons. The fourth-order valence-corrected chi connectivity index (χ4v) is 5.42. The molecule has 0 radical (unpaired) electrons. The van der Waals surface area contributed by atoms with Crippen molar-refractivity contribution in [1.29, 1.82) is 0 Å². The van der Waals surface area contributed by atoms with Crippen LogP contribution in [0.5, 0.6) is 0 Å². The van der Waals surface area contributed by atoms with E-state index >= 15 is 0 Å². The molecule has 3 aromatic rings. The van der Waals surface area contributed by atoms with E-state index in [4.69, 9.17) is 4.98 Å². The van der Waals surface area contributed by atoms with Crippen molar-refractivity contribution in [3.8, 4) is 0 Å². The van der Waals surface area contributed by atoms with Crippen molar-refractivity contribution in [1.82, 2.24) is 25.1 Å². The van der Waals surface area contributed by atoms with Gasteiger partial charge in [0.1, 0.15) is 10.8 Å². The number of carbonyl (C=O) groups excluding carboxylic acids is 1. The van der Waals surface area contributed by atoms with Gasteiger partial charge in [-0.3, -0.25) is 9.78 Å². The molecule has 1 aliphatic carbocycles. The molecule has 4 heterocycles. The van der Waals surface area contributed by atoms with Crippen LogP contribution in [0.4, 0.5) is 16.6 Å². The summed E-state index contributed by atoms with van der Waals surface area (Å²) in [5.41, 5.74) is 2.58. The molecule has 2 fully saturated rings. The smallest absolute Gasteiger partial charge is 0.219 e. The van der Waals surface area contributed by atoms with Crippen LogP contribution >= 0.6 is 11.3 Å². The summed E-state index contributed by atoms with van der Waals surface area (Å²) in [4.78, 5) is 22.9. The zero-order valence-corrected chi connectivity index (χ0v) is 18.5. The molecule has 31 heavy (non-hydrogen) atoms. The summed E-state index contributed by atoms with van der Waals surface area (Å²) in [6, 6.07) is 6.13. The quantitative estimate of drug-likeness (QED) is 0.614. The minimum Gasteiger partial charge on any atom is -0.379 e. The van der Waals surface area contributed by atoms with E-state index < -0.39 is 0 Å². The largest absolute Gasteiger partial charge is 0.379 e. The predicted molar refractivity (Wildman–Crippen MR) is 123 cm³/mol. The van der Waals surface area contributed by atoms with E-state index in [9.17, 15) is 4.79 Å². The summed E-state index contributed by atoms with van der Waals surface area (Å²) in [6.45, 7) is 3.20. The molecule has 5 rings (SSSR count). The highest BCUT2D eigenvalue weighted by atomic mass is 32.1. The van der Waals surface area contributed by atoms with E-state index in [0.717, 1.165) is 58.6 Å². The molecule has 8 nitrogen and oxygen atoms in total. The lowest BCUT2D eigenvalue weighted by atomic mass is 10.1. The first kappa shape index (κ1) is 20.1. The van der Waals surface area contributed by atoms with Crippen LogP contribution < -0.4 is 10.6 Å². The van der Waals surface area contributed by atoms with Crippen molar-refractivity contribution >= 4 is 44.9 Å². The van der Waals surface area contributed by atoms with Crippen LogP contribution in [0.2, 0.25) is 0 Å². The van der Waals surface area contributed by atoms with Crippen LogP contribution in [0, 0.1) is 0 Å². The average molecular weight is 438 g/mol. The van der Waals surface area contributed by atoms with E-state index in [1.165, 1.54) is 25.7 Å². The summed E-state index contributed by atoms with van der Waals surface area (Å²) < 4.78 is 0. The van der Waals surface area contributed by atoms with Gasteiger partial charge in [0, 0.05) is 32.0 Å². The second-order valence-corrected chi connectivity index (χ2v) is 9.47. The Morgan fingerprint density at radius 1 is 1.13 bits per heavy atom. The lowest BCUT2D eigenvalue weighted by Crippen LogP contribution is -2.44. The van der Waals surface area contributed by atoms with Gasteiger partial charge >= 0.3 is 0 Å². The van der Waals surface area contributed by atoms with Gasteiger partial charge in [0.2, 0.25) is 11.0 Å². The van der Waals surface area contributed by atoms with Crippen LogP contribution in [-0.4, -0.2) is 50.1 Å². The van der Waals surface area contributed by atoms with E-state index in [2.05, 4.69) is 25.8 Å². The van der Waals surface area contributed by atoms with E-state index in [1.54, 1.807) is 18.3 Å². The van der Waals surface area contributed by atoms with Crippen LogP contribution in [-0.2, 0) is 4.79 Å². The van der Waals surface area contributed by atoms with Crippen molar-refractivity contribution in [2.45, 2.75) is 57.4 Å². The lowest BCUT2D eigenvalue weighted by Gasteiger charge is -2.33. The molecule has 1 atom stereocenters. The average Bonchev–Trinajstić information content (AvgIpc) is 3.46. The summed E-state index contributed by atoms with van der Waals surface area (Å²) in [7, 11) is 0. The summed E-state index contributed by atoms with van der Waals surface area (Å²) in [6.07, 6.45) is 8.90. The van der Waals surface area contributed by atoms with Crippen molar-refractivity contribution in [3.63, 3.8) is 0 Å². The molecular weight excluding hydrogens is 410 g/mol. The topological polar surface area (TPSA) is 95.9 Å². The number of aromatic nitrogens is 4. The number of hydrogen-bond acceptors (Lipinski definition) is 8. The highest BCUT2D eigenvalue weighted by molar-refractivity contribution is 7.15. The van der Waals surface area contributed by atoms with Crippen molar-refractivity contribution in [2.24, 2.45) is 0 Å². The minimum absolute atomic E-state index is 0.133. The van der Waals surface area contributed by atoms with Crippen LogP contribution in [0.25, 0.3) is 11.0 Å². The first-order valence-electron chi connectivity index (χ1n) is 11.0. The molecule has 9 heteroatoms. The van der Waals surface area contributed by atoms with Gasteiger partial charge in [0.25, 0.3) is 0 Å². The number of amides is 1. The van der Waals surface area contributed by atoms with Crippen molar-refractivity contribution in [3.05, 3.63) is 29.4 Å². The number of likely N-dealkylation sites (tertiary alicyclic amines) is 1. The van der Waals surface area contributed by atoms with Crippen molar-refractivity contribution < 1.29 is 4.79 Å². The second-order valence-electron chi connectivity index (χ2n) is 8.46. The Labute approximate surface area is 185 Å². The molecule has 1 amide bonds. The number of nitrogens with zero attached hydrogens (tertiary/aromatic N) is 5. The standard InChI is InChI=1S/C22H27N7OS/c1-14(30)29-10-4-7-16(13-29)24-17-11-19-18(23-12-17)8-9-20(25-19)26-22-28-27-21(31-22)15-5-2-3-6-15/h8-9,11-12,15-16,24H,2-7,10,13H2,1H3,(H,25,26,28). The maximum absolute atomic E-state index is 11.7. The Balaban J connectivity index is 1.29. The molecule has 1 aliphatic heterocycles. The monoisotopic (exact) mass is 437 g/mol. The fourth-order valence-electron chi connectivity index (χ4n) is 4.50. The third kappa shape index (κ3) is 4.61. The van der Waals surface area contributed by atoms with Gasteiger partial charge in [-0.05, 0) is 43.9 Å². The molecule has 0 spiro atoms. The molecule has 1 saturated heterocycles. The number of pyridine rings is 2. The summed E-state index contributed by atoms with van der Waals surface area (Å²) >= 11 is 1.63. The third-order valence-corrected chi connectivity index (χ3v) is 7.16. The molecule has 1 saturated carbocycles. The van der Waals surface area contributed by atoms with E-state index in [-0.39, 0.29) is 11.9 Å². The fraction of sp³-hybridized carbons (Fsp3) is 0.500. The Morgan fingerprint density at radius 2 is 2.00 bits per heavy atom. The van der Waals surface area contributed by atoms with Gasteiger partial charge in [0.05, 0.1) is 22.9 Å². The summed E-state index contributed by atoms with van der Waals surface area (Å²) in [5.74, 6) is 1.43. The zero-order chi connectivity index (χ0) is 21.2. The number of fused-ring (bicyclic) bond motifs is 1. The third-order valence-electron chi connectivity index (χ3n) is 6.15. The highest BCUT2D eigenvalue weighted by Gasteiger charge is 2.22. The summed E-state index contributed by atoms with van der Waals surface area (Å²) in [5, 5.41) is 17.4. The number of rotatable bonds is 5. The number of anilines is 3. The first-order valence-corrected chi connectivity index (χ1v) is 11.8. The predicted octanol–water partition coefficient (Wildman–Crippen LogP) is 4.31. The second kappa shape index (κ2) is 8.74. The number of hydrogen-bond donors (Lipinski definition) is 2. The SMILES string of the molecule is CC(=O)N1CCCC(Nc2cnc3ccc(Nc4nnc(C5CCCC5)s4)nc3c2)C1. The molecule has 2 N–H and O–H groups in total. The molecule has 0 bridgehead atoms. The molecular formula is C22H27N7OS. The normalized spacial score (nSPS) is 19.6. The van der Waals surface area contributed by atoms with Gasteiger partial charge in [0.15, 0.2) is 0 Å². The van der Waals surface area contributed by atoms with Crippen LogP contribution in [0.15, 0.2) is 24.4 Å². The van der Waals surface area contributed by atoms with Crippen LogP contribution in [0.1, 0.15) is 56.4 Å². The molecule has 2 aliphatic rings. The van der Waals surface area contributed by atoms with E-state index in [0.29, 0.717) is 5.92 Å². The zero-order valence-electron chi connectivity index (χ0n) is 17.7. The van der Waals surface area contributed by atoms with Gasteiger partial charge in [-0.1, -0.05) is 24.2 Å². The van der Waals surface area contributed by atoms with Gasteiger partial charge in [-0.25, -0.2) is 4.98 Å². The van der Waals surface area contributed by atoms with Gasteiger partial charge < -0.3 is 15.5 Å². The Hall–Kier alpha value is -2.81. The molecule has 1 unspecified atom stereocenters. The molecule has 3 aromatic heterocycles. The van der Waals surface area contributed by atoms with Gasteiger partial charge in [-0.15, -0.1) is 10.2 Å². The van der Waals surface area contributed by atoms with E-state index in [1.807, 2.05) is 29.3 Å². The Bertz CT molecular complexity index is 1080.